The fraction of sp³-hybridized carbons (Fsp3) is 0.273. The van der Waals surface area contributed by atoms with Crippen molar-refractivity contribution in [1.29, 1.82) is 0 Å². The fourth-order valence-corrected chi connectivity index (χ4v) is 4.97. The van der Waals surface area contributed by atoms with Crippen molar-refractivity contribution in [3.8, 4) is 5.75 Å². The van der Waals surface area contributed by atoms with Gasteiger partial charge in [0.1, 0.15) is 12.4 Å². The second kappa shape index (κ2) is 13.7. The number of aromatic nitrogens is 2. The van der Waals surface area contributed by atoms with Crippen LogP contribution >= 0.6 is 0 Å². The minimum atomic E-state index is 0.0399. The van der Waals surface area contributed by atoms with Gasteiger partial charge in [0.15, 0.2) is 0 Å². The van der Waals surface area contributed by atoms with Crippen molar-refractivity contribution in [3.05, 3.63) is 108 Å². The normalized spacial score (nSPS) is 14.5. The minimum absolute atomic E-state index is 0.0399. The van der Waals surface area contributed by atoms with E-state index in [2.05, 4.69) is 83.1 Å². The molecule has 40 heavy (non-hydrogen) atoms. The van der Waals surface area contributed by atoms with E-state index in [1.165, 1.54) is 16.7 Å². The molecule has 1 aromatic heterocycles. The second-order valence-corrected chi connectivity index (χ2v) is 9.66. The molecule has 0 saturated carbocycles. The summed E-state index contributed by atoms with van der Waals surface area (Å²) in [5, 5.41) is 11.6. The number of carbonyl (C=O) groups excluding carboxylic acids is 1. The summed E-state index contributed by atoms with van der Waals surface area (Å²) in [5.41, 5.74) is 7.05. The van der Waals surface area contributed by atoms with E-state index in [4.69, 9.17) is 9.47 Å². The smallest absolute Gasteiger partial charge is 0.246 e. The summed E-state index contributed by atoms with van der Waals surface area (Å²) < 4.78 is 11.3. The molecule has 2 N–H and O–H groups in total. The van der Waals surface area contributed by atoms with Crippen molar-refractivity contribution in [2.24, 2.45) is 0 Å². The summed E-state index contributed by atoms with van der Waals surface area (Å²) in [5.74, 6) is 0.865. The summed E-state index contributed by atoms with van der Waals surface area (Å²) >= 11 is 0. The predicted molar refractivity (Wildman–Crippen MR) is 160 cm³/mol. The number of hydrogen-bond donors (Lipinski definition) is 2. The molecule has 0 bridgehead atoms. The van der Waals surface area contributed by atoms with E-state index in [9.17, 15) is 4.79 Å². The standard InChI is InChI=1S/C33H36N4O3/c1-2-30(25-7-4-3-5-8-25)33(27-12-15-31-28(23-27)24-35-36-31)26-10-13-29(14-11-26)40-20-17-34-16-6-9-32(38)37-18-21-39-22-19-37/h3-15,23-24,34H,2,16-22H2,1H3,(H,35,36)/b9-6+,33-30+. The van der Waals surface area contributed by atoms with Gasteiger partial charge in [-0.15, -0.1) is 0 Å². The van der Waals surface area contributed by atoms with E-state index < -0.39 is 0 Å². The Morgan fingerprint density at radius 1 is 1.02 bits per heavy atom. The first-order chi connectivity index (χ1) is 19.7. The Balaban J connectivity index is 1.23. The predicted octanol–water partition coefficient (Wildman–Crippen LogP) is 5.32. The zero-order valence-corrected chi connectivity index (χ0v) is 22.9. The van der Waals surface area contributed by atoms with Crippen LogP contribution in [0.4, 0.5) is 0 Å². The van der Waals surface area contributed by atoms with Crippen molar-refractivity contribution in [2.45, 2.75) is 13.3 Å². The molecule has 3 aromatic carbocycles. The molecule has 1 saturated heterocycles. The maximum atomic E-state index is 12.1. The summed E-state index contributed by atoms with van der Waals surface area (Å²) in [6, 6.07) is 25.4. The average Bonchev–Trinajstić information content (AvgIpc) is 3.49. The number of benzene rings is 3. The molecule has 5 rings (SSSR count). The maximum absolute atomic E-state index is 12.1. The molecule has 0 radical (unpaired) electrons. The lowest BCUT2D eigenvalue weighted by Gasteiger charge is -2.25. The van der Waals surface area contributed by atoms with Crippen molar-refractivity contribution >= 4 is 28.0 Å². The van der Waals surface area contributed by atoms with Gasteiger partial charge in [-0.05, 0) is 58.5 Å². The third kappa shape index (κ3) is 6.86. The molecular formula is C33H36N4O3. The lowest BCUT2D eigenvalue weighted by atomic mass is 9.88. The first-order valence-corrected chi connectivity index (χ1v) is 13.9. The van der Waals surface area contributed by atoms with Gasteiger partial charge in [0.25, 0.3) is 0 Å². The van der Waals surface area contributed by atoms with Gasteiger partial charge in [0.05, 0.1) is 24.9 Å². The van der Waals surface area contributed by atoms with Crippen LogP contribution in [0.2, 0.25) is 0 Å². The molecule has 0 unspecified atom stereocenters. The van der Waals surface area contributed by atoms with Crippen molar-refractivity contribution < 1.29 is 14.3 Å². The van der Waals surface area contributed by atoms with E-state index in [1.54, 1.807) is 6.08 Å². The Labute approximate surface area is 235 Å². The topological polar surface area (TPSA) is 79.5 Å². The minimum Gasteiger partial charge on any atom is -0.492 e. The van der Waals surface area contributed by atoms with Crippen LogP contribution in [-0.2, 0) is 9.53 Å². The van der Waals surface area contributed by atoms with Crippen LogP contribution < -0.4 is 10.1 Å². The Morgan fingerprint density at radius 3 is 2.58 bits per heavy atom. The lowest BCUT2D eigenvalue weighted by Crippen LogP contribution is -2.39. The molecule has 1 aliphatic heterocycles. The number of nitrogens with one attached hydrogen (secondary N) is 2. The van der Waals surface area contributed by atoms with E-state index >= 15 is 0 Å². The molecule has 206 valence electrons. The zero-order valence-electron chi connectivity index (χ0n) is 22.9. The number of nitrogens with zero attached hydrogens (tertiary/aromatic N) is 2. The van der Waals surface area contributed by atoms with Crippen molar-refractivity contribution in [2.75, 3.05) is 46.0 Å². The number of H-pyrrole nitrogens is 1. The highest BCUT2D eigenvalue weighted by Crippen LogP contribution is 2.36. The number of ether oxygens (including phenoxy) is 2. The summed E-state index contributed by atoms with van der Waals surface area (Å²) in [6.45, 7) is 6.58. The number of aromatic amines is 1. The fourth-order valence-electron chi connectivity index (χ4n) is 4.97. The van der Waals surface area contributed by atoms with Crippen LogP contribution in [0, 0.1) is 0 Å². The van der Waals surface area contributed by atoms with E-state index in [1.807, 2.05) is 29.3 Å². The van der Waals surface area contributed by atoms with Crippen molar-refractivity contribution in [1.82, 2.24) is 20.4 Å². The zero-order chi connectivity index (χ0) is 27.6. The van der Waals surface area contributed by atoms with Gasteiger partial charge in [-0.2, -0.15) is 5.10 Å². The number of hydrogen-bond acceptors (Lipinski definition) is 5. The van der Waals surface area contributed by atoms with E-state index in [0.29, 0.717) is 46.0 Å². The van der Waals surface area contributed by atoms with Gasteiger partial charge in [-0.1, -0.05) is 61.5 Å². The highest BCUT2D eigenvalue weighted by Gasteiger charge is 2.15. The van der Waals surface area contributed by atoms with Gasteiger partial charge in [0, 0.05) is 37.6 Å². The molecule has 4 aromatic rings. The second-order valence-electron chi connectivity index (χ2n) is 9.66. The molecule has 1 amide bonds. The maximum Gasteiger partial charge on any atom is 0.246 e. The largest absolute Gasteiger partial charge is 0.492 e. The number of morpholine rings is 1. The van der Waals surface area contributed by atoms with Gasteiger partial charge < -0.3 is 19.7 Å². The molecule has 1 fully saturated rings. The van der Waals surface area contributed by atoms with Gasteiger partial charge in [-0.25, -0.2) is 0 Å². The first-order valence-electron chi connectivity index (χ1n) is 13.9. The number of fused-ring (bicyclic) bond motifs is 1. The Hall–Kier alpha value is -4.20. The molecular weight excluding hydrogens is 500 g/mol. The number of carbonyl (C=O) groups is 1. The highest BCUT2D eigenvalue weighted by atomic mass is 16.5. The molecule has 0 aliphatic carbocycles. The van der Waals surface area contributed by atoms with Crippen LogP contribution in [0.25, 0.3) is 22.0 Å². The SMILES string of the molecule is CC/C(=C(/c1ccc(OCCNC/C=C/C(=O)N2CCOCC2)cc1)c1ccc2[nH]ncc2c1)c1ccccc1. The third-order valence-electron chi connectivity index (χ3n) is 7.04. The first kappa shape index (κ1) is 27.4. The average molecular weight is 537 g/mol. The lowest BCUT2D eigenvalue weighted by molar-refractivity contribution is -0.129. The van der Waals surface area contributed by atoms with Gasteiger partial charge in [0.2, 0.25) is 5.91 Å². The van der Waals surface area contributed by atoms with Crippen LogP contribution in [0.5, 0.6) is 5.75 Å². The Morgan fingerprint density at radius 2 is 1.80 bits per heavy atom. The van der Waals surface area contributed by atoms with E-state index in [-0.39, 0.29) is 5.91 Å². The third-order valence-corrected chi connectivity index (χ3v) is 7.04. The van der Waals surface area contributed by atoms with Crippen LogP contribution in [0.3, 0.4) is 0 Å². The number of amides is 1. The summed E-state index contributed by atoms with van der Waals surface area (Å²) in [4.78, 5) is 14.0. The molecule has 1 aliphatic rings. The number of allylic oxidation sites excluding steroid dienone is 1. The molecule has 0 spiro atoms. The van der Waals surface area contributed by atoms with E-state index in [0.717, 1.165) is 34.2 Å². The molecule has 2 heterocycles. The monoisotopic (exact) mass is 536 g/mol. The molecule has 7 nitrogen and oxygen atoms in total. The van der Waals surface area contributed by atoms with Crippen molar-refractivity contribution in [3.63, 3.8) is 0 Å². The quantitative estimate of drug-likeness (QED) is 0.154. The van der Waals surface area contributed by atoms with Crippen LogP contribution in [0.15, 0.2) is 91.1 Å². The Kier molecular flexibility index (Phi) is 9.40. The summed E-state index contributed by atoms with van der Waals surface area (Å²) in [6.07, 6.45) is 6.26. The van der Waals surface area contributed by atoms with Gasteiger partial charge >= 0.3 is 0 Å². The summed E-state index contributed by atoms with van der Waals surface area (Å²) in [7, 11) is 0. The van der Waals surface area contributed by atoms with Crippen LogP contribution in [0.1, 0.15) is 30.0 Å². The van der Waals surface area contributed by atoms with Crippen LogP contribution in [-0.4, -0.2) is 67.0 Å². The Bertz CT molecular complexity index is 1450. The highest BCUT2D eigenvalue weighted by molar-refractivity contribution is 6.00. The number of rotatable bonds is 11. The van der Waals surface area contributed by atoms with Gasteiger partial charge in [-0.3, -0.25) is 9.89 Å². The molecule has 7 heteroatoms. The molecule has 0 atom stereocenters.